The van der Waals surface area contributed by atoms with Gasteiger partial charge in [0.05, 0.1) is 22.4 Å². The zero-order valence-electron chi connectivity index (χ0n) is 11.9. The smallest absolute Gasteiger partial charge is 0.223 e. The molecular formula is C13H17N3O2S2. The first-order chi connectivity index (χ1) is 9.34. The van der Waals surface area contributed by atoms with E-state index >= 15 is 0 Å². The van der Waals surface area contributed by atoms with Crippen molar-refractivity contribution < 1.29 is 9.21 Å². The van der Waals surface area contributed by atoms with Crippen LogP contribution in [0.4, 0.5) is 5.13 Å². The lowest BCUT2D eigenvalue weighted by atomic mass is 9.94. The van der Waals surface area contributed by atoms with Gasteiger partial charge in [0.2, 0.25) is 11.8 Å². The maximum atomic E-state index is 10.9. The second kappa shape index (κ2) is 5.97. The van der Waals surface area contributed by atoms with Crippen molar-refractivity contribution in [1.29, 1.82) is 0 Å². The van der Waals surface area contributed by atoms with Crippen molar-refractivity contribution in [3.63, 3.8) is 0 Å². The minimum Gasteiger partial charge on any atom is -0.444 e. The van der Waals surface area contributed by atoms with Gasteiger partial charge in [-0.2, -0.15) is 0 Å². The molecule has 0 atom stereocenters. The van der Waals surface area contributed by atoms with Crippen molar-refractivity contribution in [2.24, 2.45) is 0 Å². The van der Waals surface area contributed by atoms with Crippen molar-refractivity contribution in [2.45, 2.75) is 43.1 Å². The summed E-state index contributed by atoms with van der Waals surface area (Å²) in [6, 6.07) is 0. The molecule has 0 bridgehead atoms. The number of nitrogens with zero attached hydrogens (tertiary/aromatic N) is 2. The molecule has 5 nitrogen and oxygen atoms in total. The van der Waals surface area contributed by atoms with Crippen LogP contribution >= 0.6 is 23.1 Å². The number of amides is 1. The third-order valence-electron chi connectivity index (χ3n) is 2.40. The van der Waals surface area contributed by atoms with E-state index in [1.807, 2.05) is 0 Å². The van der Waals surface area contributed by atoms with Gasteiger partial charge in [-0.05, 0) is 0 Å². The van der Waals surface area contributed by atoms with Gasteiger partial charge >= 0.3 is 0 Å². The molecular weight excluding hydrogens is 294 g/mol. The van der Waals surface area contributed by atoms with E-state index in [1.54, 1.807) is 24.2 Å². The van der Waals surface area contributed by atoms with Crippen molar-refractivity contribution >= 4 is 34.1 Å². The van der Waals surface area contributed by atoms with Gasteiger partial charge in [-0.25, -0.2) is 9.97 Å². The van der Waals surface area contributed by atoms with E-state index in [0.29, 0.717) is 16.8 Å². The highest BCUT2D eigenvalue weighted by Gasteiger charge is 2.19. The SMILES string of the molecule is CC(=O)Nc1ncc(SCc2ncc(C(C)(C)C)o2)s1. The normalized spacial score (nSPS) is 11.6. The Morgan fingerprint density at radius 3 is 2.75 bits per heavy atom. The molecule has 0 aliphatic heterocycles. The highest BCUT2D eigenvalue weighted by Crippen LogP contribution is 2.31. The van der Waals surface area contributed by atoms with Crippen LogP contribution in [0.25, 0.3) is 0 Å². The molecule has 0 unspecified atom stereocenters. The molecule has 108 valence electrons. The maximum absolute atomic E-state index is 10.9. The van der Waals surface area contributed by atoms with E-state index in [9.17, 15) is 4.79 Å². The zero-order valence-corrected chi connectivity index (χ0v) is 13.5. The minimum atomic E-state index is -0.113. The number of thiazole rings is 1. The predicted molar refractivity (Wildman–Crippen MR) is 81.2 cm³/mol. The van der Waals surface area contributed by atoms with Crippen molar-refractivity contribution in [3.05, 3.63) is 24.0 Å². The Bertz CT molecular complexity index is 599. The zero-order chi connectivity index (χ0) is 14.8. The number of carbonyl (C=O) groups excluding carboxylic acids is 1. The van der Waals surface area contributed by atoms with Gasteiger partial charge in [-0.1, -0.05) is 32.1 Å². The lowest BCUT2D eigenvalue weighted by Gasteiger charge is -2.12. The highest BCUT2D eigenvalue weighted by atomic mass is 32.2. The topological polar surface area (TPSA) is 68.0 Å². The van der Waals surface area contributed by atoms with Crippen LogP contribution in [0.2, 0.25) is 0 Å². The summed E-state index contributed by atoms with van der Waals surface area (Å²) < 4.78 is 6.74. The molecule has 1 amide bonds. The fourth-order valence-corrected chi connectivity index (χ4v) is 3.16. The second-order valence-corrected chi connectivity index (χ2v) is 7.63. The highest BCUT2D eigenvalue weighted by molar-refractivity contribution is 8.00. The summed E-state index contributed by atoms with van der Waals surface area (Å²) in [5, 5.41) is 3.28. The van der Waals surface area contributed by atoms with E-state index in [4.69, 9.17) is 4.42 Å². The molecule has 2 heterocycles. The molecule has 0 aromatic carbocycles. The average molecular weight is 311 g/mol. The van der Waals surface area contributed by atoms with Crippen LogP contribution in [-0.4, -0.2) is 15.9 Å². The summed E-state index contributed by atoms with van der Waals surface area (Å²) in [5.74, 6) is 2.13. The lowest BCUT2D eigenvalue weighted by molar-refractivity contribution is -0.114. The molecule has 1 N–H and O–H groups in total. The Morgan fingerprint density at radius 2 is 2.15 bits per heavy atom. The molecule has 20 heavy (non-hydrogen) atoms. The molecule has 0 aliphatic rings. The second-order valence-electron chi connectivity index (χ2n) is 5.32. The molecule has 0 aliphatic carbocycles. The van der Waals surface area contributed by atoms with Gasteiger partial charge in [0.1, 0.15) is 5.76 Å². The van der Waals surface area contributed by atoms with E-state index in [0.717, 1.165) is 9.97 Å². The van der Waals surface area contributed by atoms with Crippen LogP contribution in [0, 0.1) is 0 Å². The van der Waals surface area contributed by atoms with Crippen LogP contribution in [-0.2, 0) is 16.0 Å². The van der Waals surface area contributed by atoms with Crippen molar-refractivity contribution in [1.82, 2.24) is 9.97 Å². The quantitative estimate of drug-likeness (QED) is 0.872. The molecule has 2 aromatic heterocycles. The van der Waals surface area contributed by atoms with Gasteiger partial charge in [0, 0.05) is 12.3 Å². The van der Waals surface area contributed by atoms with E-state index in [1.165, 1.54) is 18.3 Å². The maximum Gasteiger partial charge on any atom is 0.223 e. The van der Waals surface area contributed by atoms with Crippen molar-refractivity contribution in [3.8, 4) is 0 Å². The summed E-state index contributed by atoms with van der Waals surface area (Å²) in [6.07, 6.45) is 3.53. The third-order valence-corrected chi connectivity index (χ3v) is 4.49. The third kappa shape index (κ3) is 4.08. The van der Waals surface area contributed by atoms with Gasteiger partial charge in [0.25, 0.3) is 0 Å². The molecule has 0 saturated heterocycles. The molecule has 2 aromatic rings. The van der Waals surface area contributed by atoms with Crippen LogP contribution in [0.5, 0.6) is 0 Å². The average Bonchev–Trinajstić information content (AvgIpc) is 2.93. The standard InChI is InChI=1S/C13H17N3O2S2/c1-8(17)16-12-15-6-11(20-12)19-7-10-14-5-9(18-10)13(2,3)4/h5-6H,7H2,1-4H3,(H,15,16,17). The Labute approximate surface area is 126 Å². The van der Waals surface area contributed by atoms with Crippen LogP contribution < -0.4 is 5.32 Å². The monoisotopic (exact) mass is 311 g/mol. The summed E-state index contributed by atoms with van der Waals surface area (Å²) in [5.41, 5.74) is -0.0288. The van der Waals surface area contributed by atoms with E-state index in [-0.39, 0.29) is 11.3 Å². The first-order valence-corrected chi connectivity index (χ1v) is 7.96. The van der Waals surface area contributed by atoms with Crippen LogP contribution in [0.3, 0.4) is 0 Å². The Hall–Kier alpha value is -1.34. The first kappa shape index (κ1) is 15.1. The van der Waals surface area contributed by atoms with Gasteiger partial charge in [-0.3, -0.25) is 4.79 Å². The Kier molecular flexibility index (Phi) is 4.49. The van der Waals surface area contributed by atoms with Crippen molar-refractivity contribution in [2.75, 3.05) is 5.32 Å². The number of thioether (sulfide) groups is 1. The molecule has 0 radical (unpaired) electrons. The minimum absolute atomic E-state index is 0.0288. The summed E-state index contributed by atoms with van der Waals surface area (Å²) in [4.78, 5) is 19.3. The number of oxazole rings is 1. The number of anilines is 1. The molecule has 2 rings (SSSR count). The number of hydrogen-bond acceptors (Lipinski definition) is 6. The fourth-order valence-electron chi connectivity index (χ4n) is 1.39. The molecule has 0 spiro atoms. The largest absolute Gasteiger partial charge is 0.444 e. The van der Waals surface area contributed by atoms with Crippen LogP contribution in [0.1, 0.15) is 39.3 Å². The number of nitrogens with one attached hydrogen (secondary N) is 1. The molecule has 0 saturated carbocycles. The summed E-state index contributed by atoms with van der Waals surface area (Å²) in [7, 11) is 0. The Balaban J connectivity index is 1.93. The number of carbonyl (C=O) groups is 1. The molecule has 7 heteroatoms. The van der Waals surface area contributed by atoms with Gasteiger partial charge < -0.3 is 9.73 Å². The number of aromatic nitrogens is 2. The summed E-state index contributed by atoms with van der Waals surface area (Å²) >= 11 is 3.04. The van der Waals surface area contributed by atoms with E-state index < -0.39 is 0 Å². The summed E-state index contributed by atoms with van der Waals surface area (Å²) in [6.45, 7) is 7.74. The Morgan fingerprint density at radius 1 is 1.40 bits per heavy atom. The van der Waals surface area contributed by atoms with Gasteiger partial charge in [-0.15, -0.1) is 11.8 Å². The lowest BCUT2D eigenvalue weighted by Crippen LogP contribution is -2.09. The number of hydrogen-bond donors (Lipinski definition) is 1. The van der Waals surface area contributed by atoms with Crippen LogP contribution in [0.15, 0.2) is 21.0 Å². The predicted octanol–water partition coefficient (Wildman–Crippen LogP) is 3.68. The molecule has 0 fully saturated rings. The first-order valence-electron chi connectivity index (χ1n) is 6.16. The van der Waals surface area contributed by atoms with Gasteiger partial charge in [0.15, 0.2) is 5.13 Å². The fraction of sp³-hybridized carbons (Fsp3) is 0.462. The van der Waals surface area contributed by atoms with E-state index in [2.05, 4.69) is 36.1 Å². The number of rotatable bonds is 4.